The number of aryl methyl sites for hydroxylation is 1. The number of hydrogen-bond donors (Lipinski definition) is 1. The van der Waals surface area contributed by atoms with Crippen molar-refractivity contribution in [3.05, 3.63) is 47.4 Å². The molecule has 0 aliphatic rings. The zero-order chi connectivity index (χ0) is 15.4. The third kappa shape index (κ3) is 3.92. The molecule has 1 N–H and O–H groups in total. The molecule has 0 radical (unpaired) electrons. The van der Waals surface area contributed by atoms with Crippen LogP contribution < -0.4 is 9.64 Å². The van der Waals surface area contributed by atoms with E-state index in [9.17, 15) is 4.79 Å². The topological polar surface area (TPSA) is 75.6 Å². The molecule has 1 aromatic heterocycles. The Bertz CT molecular complexity index is 639. The van der Waals surface area contributed by atoms with Gasteiger partial charge in [0.1, 0.15) is 18.2 Å². The van der Waals surface area contributed by atoms with Crippen molar-refractivity contribution in [1.29, 1.82) is 0 Å². The fourth-order valence-corrected chi connectivity index (χ4v) is 1.67. The van der Waals surface area contributed by atoms with Crippen LogP contribution in [-0.4, -0.2) is 35.1 Å². The summed E-state index contributed by atoms with van der Waals surface area (Å²) in [6, 6.07) is 9.01. The number of aromatic carboxylic acids is 1. The number of nitrogens with zero attached hydrogens (tertiary/aromatic N) is 3. The quantitative estimate of drug-likeness (QED) is 0.908. The fraction of sp³-hybridized carbons (Fsp3) is 0.267. The number of anilines is 1. The predicted molar refractivity (Wildman–Crippen MR) is 78.8 cm³/mol. The van der Waals surface area contributed by atoms with Crippen LogP contribution in [0.25, 0.3) is 0 Å². The summed E-state index contributed by atoms with van der Waals surface area (Å²) < 4.78 is 5.58. The summed E-state index contributed by atoms with van der Waals surface area (Å²) in [5.41, 5.74) is 1.09. The normalized spacial score (nSPS) is 10.2. The molecule has 0 saturated carbocycles. The summed E-state index contributed by atoms with van der Waals surface area (Å²) >= 11 is 0. The molecule has 0 bridgehead atoms. The Morgan fingerprint density at radius 1 is 1.24 bits per heavy atom. The Labute approximate surface area is 123 Å². The van der Waals surface area contributed by atoms with Gasteiger partial charge in [0, 0.05) is 20.2 Å². The molecule has 6 heteroatoms. The lowest BCUT2D eigenvalue weighted by atomic mass is 10.2. The Kier molecular flexibility index (Phi) is 4.37. The molecule has 21 heavy (non-hydrogen) atoms. The van der Waals surface area contributed by atoms with E-state index in [1.54, 1.807) is 19.0 Å². The van der Waals surface area contributed by atoms with Crippen molar-refractivity contribution in [2.75, 3.05) is 19.0 Å². The van der Waals surface area contributed by atoms with Crippen LogP contribution >= 0.6 is 0 Å². The maximum Gasteiger partial charge on any atom is 0.354 e. The molecule has 0 saturated heterocycles. The van der Waals surface area contributed by atoms with Gasteiger partial charge in [0.15, 0.2) is 11.5 Å². The van der Waals surface area contributed by atoms with Gasteiger partial charge in [-0.2, -0.15) is 0 Å². The number of hydrogen-bond acceptors (Lipinski definition) is 5. The molecule has 6 nitrogen and oxygen atoms in total. The van der Waals surface area contributed by atoms with Crippen LogP contribution in [0.3, 0.4) is 0 Å². The minimum atomic E-state index is -1.09. The van der Waals surface area contributed by atoms with Gasteiger partial charge >= 0.3 is 5.97 Å². The molecule has 1 heterocycles. The molecular weight excluding hydrogens is 270 g/mol. The van der Waals surface area contributed by atoms with E-state index in [1.165, 1.54) is 6.07 Å². The highest BCUT2D eigenvalue weighted by atomic mass is 16.5. The van der Waals surface area contributed by atoms with Gasteiger partial charge in [-0.05, 0) is 19.1 Å². The zero-order valence-corrected chi connectivity index (χ0v) is 12.2. The van der Waals surface area contributed by atoms with E-state index in [0.29, 0.717) is 17.4 Å². The molecule has 2 rings (SSSR count). The smallest absolute Gasteiger partial charge is 0.354 e. The average Bonchev–Trinajstić information content (AvgIpc) is 2.46. The highest BCUT2D eigenvalue weighted by Crippen LogP contribution is 2.15. The highest BCUT2D eigenvalue weighted by molar-refractivity contribution is 5.86. The largest absolute Gasteiger partial charge is 0.486 e. The van der Waals surface area contributed by atoms with E-state index in [1.807, 2.05) is 31.2 Å². The average molecular weight is 287 g/mol. The lowest BCUT2D eigenvalue weighted by Crippen LogP contribution is -2.16. The predicted octanol–water partition coefficient (Wildman–Crippen LogP) is 2.13. The molecule has 2 aromatic rings. The van der Waals surface area contributed by atoms with Gasteiger partial charge in [0.05, 0.1) is 0 Å². The number of carboxylic acid groups (broad SMARTS) is 1. The molecule has 0 unspecified atom stereocenters. The van der Waals surface area contributed by atoms with Crippen LogP contribution in [0.1, 0.15) is 21.9 Å². The second-order valence-electron chi connectivity index (χ2n) is 4.83. The van der Waals surface area contributed by atoms with Crippen molar-refractivity contribution in [3.8, 4) is 5.75 Å². The number of carbonyl (C=O) groups is 1. The summed E-state index contributed by atoms with van der Waals surface area (Å²) in [5, 5.41) is 9.08. The summed E-state index contributed by atoms with van der Waals surface area (Å²) in [6.07, 6.45) is 0. The van der Waals surface area contributed by atoms with Crippen molar-refractivity contribution in [2.24, 2.45) is 0 Å². The number of carboxylic acids is 1. The van der Waals surface area contributed by atoms with Gasteiger partial charge in [0.2, 0.25) is 0 Å². The molecule has 0 aliphatic heterocycles. The summed E-state index contributed by atoms with van der Waals surface area (Å²) in [6.45, 7) is 2.11. The molecule has 0 aliphatic carbocycles. The van der Waals surface area contributed by atoms with Gasteiger partial charge < -0.3 is 14.7 Å². The summed E-state index contributed by atoms with van der Waals surface area (Å²) in [4.78, 5) is 21.1. The van der Waals surface area contributed by atoms with Crippen LogP contribution in [-0.2, 0) is 6.61 Å². The third-order valence-electron chi connectivity index (χ3n) is 2.83. The fourth-order valence-electron chi connectivity index (χ4n) is 1.67. The Morgan fingerprint density at radius 3 is 2.48 bits per heavy atom. The Morgan fingerprint density at radius 2 is 1.90 bits per heavy atom. The SMILES string of the molecule is Cc1ccc(OCc2nc(C(=O)O)cc(N(C)C)n2)cc1. The third-order valence-corrected chi connectivity index (χ3v) is 2.83. The first kappa shape index (κ1) is 14.8. The van der Waals surface area contributed by atoms with Crippen LogP contribution in [0.15, 0.2) is 30.3 Å². The first-order valence-electron chi connectivity index (χ1n) is 6.44. The van der Waals surface area contributed by atoms with Crippen molar-refractivity contribution in [1.82, 2.24) is 9.97 Å². The molecule has 110 valence electrons. The van der Waals surface area contributed by atoms with E-state index in [4.69, 9.17) is 9.84 Å². The molecule has 1 aromatic carbocycles. The van der Waals surface area contributed by atoms with Gasteiger partial charge in [-0.25, -0.2) is 14.8 Å². The van der Waals surface area contributed by atoms with Crippen molar-refractivity contribution in [3.63, 3.8) is 0 Å². The Balaban J connectivity index is 2.18. The standard InChI is InChI=1S/C15H17N3O3/c1-10-4-6-11(7-5-10)21-9-13-16-12(15(19)20)8-14(17-13)18(2)3/h4-8H,9H2,1-3H3,(H,19,20). The van der Waals surface area contributed by atoms with E-state index >= 15 is 0 Å². The van der Waals surface area contributed by atoms with Crippen molar-refractivity contribution >= 4 is 11.8 Å². The minimum absolute atomic E-state index is 0.0452. The lowest BCUT2D eigenvalue weighted by molar-refractivity contribution is 0.0689. The van der Waals surface area contributed by atoms with Gasteiger partial charge in [-0.15, -0.1) is 0 Å². The monoisotopic (exact) mass is 287 g/mol. The second-order valence-corrected chi connectivity index (χ2v) is 4.83. The van der Waals surface area contributed by atoms with E-state index in [2.05, 4.69) is 9.97 Å². The minimum Gasteiger partial charge on any atom is -0.486 e. The van der Waals surface area contributed by atoms with Crippen molar-refractivity contribution < 1.29 is 14.6 Å². The molecular formula is C15H17N3O3. The molecule has 0 atom stereocenters. The van der Waals surface area contributed by atoms with Crippen LogP contribution in [0.2, 0.25) is 0 Å². The maximum atomic E-state index is 11.1. The van der Waals surface area contributed by atoms with Crippen LogP contribution in [0, 0.1) is 6.92 Å². The van der Waals surface area contributed by atoms with E-state index in [0.717, 1.165) is 5.56 Å². The summed E-state index contributed by atoms with van der Waals surface area (Å²) in [7, 11) is 3.58. The first-order valence-corrected chi connectivity index (χ1v) is 6.44. The zero-order valence-electron chi connectivity index (χ0n) is 12.2. The summed E-state index contributed by atoms with van der Waals surface area (Å²) in [5.74, 6) is 0.470. The number of rotatable bonds is 5. The van der Waals surface area contributed by atoms with Crippen LogP contribution in [0.5, 0.6) is 5.75 Å². The molecule has 0 spiro atoms. The number of benzene rings is 1. The van der Waals surface area contributed by atoms with Crippen molar-refractivity contribution in [2.45, 2.75) is 13.5 Å². The highest BCUT2D eigenvalue weighted by Gasteiger charge is 2.12. The van der Waals surface area contributed by atoms with Gasteiger partial charge in [-0.3, -0.25) is 0 Å². The Hall–Kier alpha value is -2.63. The second kappa shape index (κ2) is 6.21. The lowest BCUT2D eigenvalue weighted by Gasteiger charge is -2.13. The first-order chi connectivity index (χ1) is 9.95. The maximum absolute atomic E-state index is 11.1. The number of aromatic nitrogens is 2. The van der Waals surface area contributed by atoms with E-state index < -0.39 is 5.97 Å². The van der Waals surface area contributed by atoms with E-state index in [-0.39, 0.29) is 12.3 Å². The number of ether oxygens (including phenoxy) is 1. The van der Waals surface area contributed by atoms with Crippen LogP contribution in [0.4, 0.5) is 5.82 Å². The van der Waals surface area contributed by atoms with Gasteiger partial charge in [0.25, 0.3) is 0 Å². The molecule has 0 amide bonds. The molecule has 0 fully saturated rings. The van der Waals surface area contributed by atoms with Gasteiger partial charge in [-0.1, -0.05) is 17.7 Å².